The summed E-state index contributed by atoms with van der Waals surface area (Å²) in [5.41, 5.74) is 4.43. The van der Waals surface area contributed by atoms with Crippen LogP contribution in [0.3, 0.4) is 0 Å². The number of phenolic OH excluding ortho intramolecular Hbond substituents is 1. The van der Waals surface area contributed by atoms with Crippen molar-refractivity contribution in [3.05, 3.63) is 70.7 Å². The summed E-state index contributed by atoms with van der Waals surface area (Å²) in [6.07, 6.45) is 1.37. The molecule has 0 radical (unpaired) electrons. The van der Waals surface area contributed by atoms with Gasteiger partial charge in [-0.15, -0.1) is 10.2 Å². The van der Waals surface area contributed by atoms with Gasteiger partial charge in [0, 0.05) is 21.3 Å². The van der Waals surface area contributed by atoms with Gasteiger partial charge >= 0.3 is 0 Å². The first-order valence-electron chi connectivity index (χ1n) is 11.2. The van der Waals surface area contributed by atoms with Gasteiger partial charge in [-0.25, -0.2) is 5.43 Å². The van der Waals surface area contributed by atoms with Gasteiger partial charge in [0.05, 0.1) is 33.3 Å². The number of thioether (sulfide) groups is 1. The van der Waals surface area contributed by atoms with Crippen molar-refractivity contribution in [1.82, 2.24) is 20.2 Å². The molecule has 1 aromatic heterocycles. The van der Waals surface area contributed by atoms with Crippen LogP contribution in [-0.2, 0) is 4.79 Å². The molecule has 4 rings (SSSR count). The fraction of sp³-hybridized carbons (Fsp3) is 0.154. The highest BCUT2D eigenvalue weighted by Gasteiger charge is 2.21. The van der Waals surface area contributed by atoms with Gasteiger partial charge in [-0.2, -0.15) is 5.10 Å². The van der Waals surface area contributed by atoms with E-state index in [1.807, 2.05) is 34.9 Å². The third kappa shape index (κ3) is 6.09. The molecule has 0 fully saturated rings. The quantitative estimate of drug-likeness (QED) is 0.154. The van der Waals surface area contributed by atoms with Crippen LogP contribution in [0.15, 0.2) is 75.4 Å². The minimum atomic E-state index is -0.349. The number of rotatable bonds is 10. The van der Waals surface area contributed by atoms with Crippen LogP contribution in [0.4, 0.5) is 0 Å². The lowest BCUT2D eigenvalue weighted by molar-refractivity contribution is -0.118. The first-order chi connectivity index (χ1) is 18.4. The van der Waals surface area contributed by atoms with Crippen LogP contribution >= 0.6 is 27.7 Å². The standard InChI is InChI=1S/C26H24BrN5O5S/c1-35-21-12-16(13-22(36-2)24(21)37-3)25-30-31-26(32(25)19-7-5-4-6-8-19)38-15-23(34)29-28-14-17-11-18(27)9-10-20(17)33/h4-14,33H,15H2,1-3H3,(H,29,34)/b28-14+. The molecule has 4 aromatic rings. The number of para-hydroxylation sites is 1. The molecule has 0 aliphatic rings. The predicted molar refractivity (Wildman–Crippen MR) is 149 cm³/mol. The molecular weight excluding hydrogens is 574 g/mol. The van der Waals surface area contributed by atoms with Gasteiger partial charge in [0.2, 0.25) is 5.75 Å². The lowest BCUT2D eigenvalue weighted by atomic mass is 10.1. The van der Waals surface area contributed by atoms with Gasteiger partial charge in [-0.05, 0) is 42.5 Å². The van der Waals surface area contributed by atoms with E-state index in [1.165, 1.54) is 31.2 Å². The van der Waals surface area contributed by atoms with Crippen molar-refractivity contribution in [3.8, 4) is 40.1 Å². The highest BCUT2D eigenvalue weighted by Crippen LogP contribution is 2.41. The number of hydrogen-bond donors (Lipinski definition) is 2. The van der Waals surface area contributed by atoms with Gasteiger partial charge in [0.25, 0.3) is 5.91 Å². The van der Waals surface area contributed by atoms with Gasteiger partial charge in [0.15, 0.2) is 22.5 Å². The molecule has 0 aliphatic heterocycles. The van der Waals surface area contributed by atoms with Crippen molar-refractivity contribution in [1.29, 1.82) is 0 Å². The summed E-state index contributed by atoms with van der Waals surface area (Å²) in [5, 5.41) is 23.1. The number of ether oxygens (including phenoxy) is 3. The van der Waals surface area contributed by atoms with Crippen molar-refractivity contribution >= 4 is 39.8 Å². The van der Waals surface area contributed by atoms with Crippen LogP contribution in [0.25, 0.3) is 17.1 Å². The summed E-state index contributed by atoms with van der Waals surface area (Å²) in [5.74, 6) is 1.68. The van der Waals surface area contributed by atoms with Gasteiger partial charge in [0.1, 0.15) is 5.75 Å². The van der Waals surface area contributed by atoms with E-state index in [0.717, 1.165) is 10.2 Å². The average molecular weight is 598 g/mol. The van der Waals surface area contributed by atoms with Crippen LogP contribution < -0.4 is 19.6 Å². The number of carbonyl (C=O) groups excluding carboxylic acids is 1. The number of hydrazone groups is 1. The number of aromatic hydroxyl groups is 1. The number of nitrogens with one attached hydrogen (secondary N) is 1. The molecule has 1 heterocycles. The molecule has 0 aliphatic carbocycles. The van der Waals surface area contributed by atoms with E-state index in [2.05, 4.69) is 36.7 Å². The summed E-state index contributed by atoms with van der Waals surface area (Å²) in [6.45, 7) is 0. The van der Waals surface area contributed by atoms with Gasteiger partial charge in [-0.3, -0.25) is 9.36 Å². The Morgan fingerprint density at radius 1 is 1.05 bits per heavy atom. The smallest absolute Gasteiger partial charge is 0.250 e. The Bertz CT molecular complexity index is 1440. The third-order valence-electron chi connectivity index (χ3n) is 5.29. The Kier molecular flexibility index (Phi) is 8.87. The maximum Gasteiger partial charge on any atom is 0.250 e. The third-order valence-corrected chi connectivity index (χ3v) is 6.71. The number of aromatic nitrogens is 3. The number of halogens is 1. The molecule has 0 atom stereocenters. The molecule has 12 heteroatoms. The molecule has 0 saturated carbocycles. The molecule has 1 amide bonds. The lowest BCUT2D eigenvalue weighted by Crippen LogP contribution is -2.20. The molecule has 0 saturated heterocycles. The van der Waals surface area contributed by atoms with Crippen molar-refractivity contribution < 1.29 is 24.1 Å². The van der Waals surface area contributed by atoms with Crippen molar-refractivity contribution in [3.63, 3.8) is 0 Å². The SMILES string of the molecule is COc1cc(-c2nnc(SCC(=O)N/N=C/c3cc(Br)ccc3O)n2-c2ccccc2)cc(OC)c1OC. The number of hydrogen-bond acceptors (Lipinski definition) is 9. The second kappa shape index (κ2) is 12.5. The molecule has 3 aromatic carbocycles. The Balaban J connectivity index is 1.59. The summed E-state index contributed by atoms with van der Waals surface area (Å²) in [6, 6.07) is 18.1. The Morgan fingerprint density at radius 3 is 2.42 bits per heavy atom. The number of benzene rings is 3. The number of carbonyl (C=O) groups is 1. The Hall–Kier alpha value is -4.03. The second-order valence-electron chi connectivity index (χ2n) is 7.68. The summed E-state index contributed by atoms with van der Waals surface area (Å²) in [7, 11) is 4.63. The van der Waals surface area contributed by atoms with Crippen molar-refractivity contribution in [2.24, 2.45) is 5.10 Å². The normalized spacial score (nSPS) is 10.9. The number of amides is 1. The number of phenols is 1. The zero-order valence-corrected chi connectivity index (χ0v) is 23.1. The molecule has 10 nitrogen and oxygen atoms in total. The van der Waals surface area contributed by atoms with E-state index in [0.29, 0.717) is 39.4 Å². The molecule has 0 unspecified atom stereocenters. The number of nitrogens with zero attached hydrogens (tertiary/aromatic N) is 4. The predicted octanol–water partition coefficient (Wildman–Crippen LogP) is 4.67. The first-order valence-corrected chi connectivity index (χ1v) is 13.0. The van der Waals surface area contributed by atoms with Crippen LogP contribution in [0, 0.1) is 0 Å². The summed E-state index contributed by atoms with van der Waals surface area (Å²) in [4.78, 5) is 12.5. The van der Waals surface area contributed by atoms with Crippen molar-refractivity contribution in [2.45, 2.75) is 5.16 Å². The zero-order valence-electron chi connectivity index (χ0n) is 20.7. The average Bonchev–Trinajstić information content (AvgIpc) is 3.37. The first kappa shape index (κ1) is 27.0. The van der Waals surface area contributed by atoms with E-state index < -0.39 is 0 Å². The largest absolute Gasteiger partial charge is 0.507 e. The monoisotopic (exact) mass is 597 g/mol. The minimum absolute atomic E-state index is 0.0298. The molecule has 2 N–H and O–H groups in total. The van der Waals surface area contributed by atoms with E-state index in [4.69, 9.17) is 14.2 Å². The highest BCUT2D eigenvalue weighted by molar-refractivity contribution is 9.10. The van der Waals surface area contributed by atoms with E-state index in [9.17, 15) is 9.90 Å². The summed E-state index contributed by atoms with van der Waals surface area (Å²) < 4.78 is 19.1. The Morgan fingerprint density at radius 2 is 1.76 bits per heavy atom. The topological polar surface area (TPSA) is 120 Å². The van der Waals surface area contributed by atoms with E-state index in [-0.39, 0.29) is 17.4 Å². The van der Waals surface area contributed by atoms with Crippen LogP contribution in [0.5, 0.6) is 23.0 Å². The molecular formula is C26H24BrN5O5S. The van der Waals surface area contributed by atoms with E-state index in [1.54, 1.807) is 38.5 Å². The zero-order chi connectivity index (χ0) is 27.1. The lowest BCUT2D eigenvalue weighted by Gasteiger charge is -2.15. The van der Waals surface area contributed by atoms with Gasteiger partial charge < -0.3 is 19.3 Å². The fourth-order valence-corrected chi connectivity index (χ4v) is 4.66. The highest BCUT2D eigenvalue weighted by atomic mass is 79.9. The number of methoxy groups -OCH3 is 3. The second-order valence-corrected chi connectivity index (χ2v) is 9.53. The fourth-order valence-electron chi connectivity index (χ4n) is 3.54. The molecule has 196 valence electrons. The minimum Gasteiger partial charge on any atom is -0.507 e. The van der Waals surface area contributed by atoms with Crippen LogP contribution in [-0.4, -0.2) is 59.1 Å². The summed E-state index contributed by atoms with van der Waals surface area (Å²) >= 11 is 4.54. The van der Waals surface area contributed by atoms with Crippen molar-refractivity contribution in [2.75, 3.05) is 27.1 Å². The Labute approximate surface area is 231 Å². The maximum atomic E-state index is 12.5. The molecule has 0 bridgehead atoms. The molecule has 0 spiro atoms. The van der Waals surface area contributed by atoms with E-state index >= 15 is 0 Å². The van der Waals surface area contributed by atoms with Gasteiger partial charge in [-0.1, -0.05) is 45.9 Å². The maximum absolute atomic E-state index is 12.5. The van der Waals surface area contributed by atoms with Crippen LogP contribution in [0.2, 0.25) is 0 Å². The van der Waals surface area contributed by atoms with Crippen LogP contribution in [0.1, 0.15) is 5.56 Å². The molecule has 38 heavy (non-hydrogen) atoms.